The van der Waals surface area contributed by atoms with Crippen LogP contribution in [0.1, 0.15) is 36.0 Å². The van der Waals surface area contributed by atoms with Crippen LogP contribution in [0.4, 0.5) is 0 Å². The molecule has 3 rings (SSSR count). The van der Waals surface area contributed by atoms with E-state index in [1.807, 2.05) is 0 Å². The van der Waals surface area contributed by atoms with E-state index in [9.17, 15) is 14.4 Å². The van der Waals surface area contributed by atoms with Gasteiger partial charge in [0.2, 0.25) is 11.8 Å². The molecule has 1 aromatic rings. The van der Waals surface area contributed by atoms with Crippen molar-refractivity contribution in [2.45, 2.75) is 25.7 Å². The Morgan fingerprint density at radius 1 is 0.962 bits per heavy atom. The summed E-state index contributed by atoms with van der Waals surface area (Å²) in [6.45, 7) is 2.79. The van der Waals surface area contributed by atoms with Crippen LogP contribution >= 0.6 is 11.6 Å². The monoisotopic (exact) mass is 377 g/mol. The molecule has 2 heterocycles. The summed E-state index contributed by atoms with van der Waals surface area (Å²) in [7, 11) is 0. The quantitative estimate of drug-likeness (QED) is 0.809. The van der Waals surface area contributed by atoms with Crippen molar-refractivity contribution in [2.24, 2.45) is 0 Å². The molecular weight excluding hydrogens is 354 g/mol. The zero-order chi connectivity index (χ0) is 18.5. The Morgan fingerprint density at radius 2 is 1.69 bits per heavy atom. The third-order valence-corrected chi connectivity index (χ3v) is 5.22. The number of likely N-dealkylation sites (tertiary alicyclic amines) is 1. The van der Waals surface area contributed by atoms with Crippen LogP contribution in [0, 0.1) is 0 Å². The Kier molecular flexibility index (Phi) is 6.14. The molecule has 2 aliphatic heterocycles. The molecule has 0 N–H and O–H groups in total. The first-order chi connectivity index (χ1) is 12.5. The number of carbonyl (C=O) groups is 3. The van der Waals surface area contributed by atoms with E-state index in [4.69, 9.17) is 11.6 Å². The maximum atomic E-state index is 12.5. The minimum Gasteiger partial charge on any atom is -0.338 e. The fourth-order valence-electron chi connectivity index (χ4n) is 3.43. The second kappa shape index (κ2) is 8.54. The van der Waals surface area contributed by atoms with Crippen LogP contribution in [0.5, 0.6) is 0 Å². The summed E-state index contributed by atoms with van der Waals surface area (Å²) in [5, 5.41) is 0.534. The molecule has 2 fully saturated rings. The molecule has 0 aliphatic carbocycles. The van der Waals surface area contributed by atoms with Crippen LogP contribution < -0.4 is 0 Å². The van der Waals surface area contributed by atoms with Crippen LogP contribution in [0.25, 0.3) is 0 Å². The highest BCUT2D eigenvalue weighted by atomic mass is 35.5. The van der Waals surface area contributed by atoms with Gasteiger partial charge < -0.3 is 14.7 Å². The van der Waals surface area contributed by atoms with Gasteiger partial charge in [0.05, 0.1) is 6.54 Å². The lowest BCUT2D eigenvalue weighted by Gasteiger charge is -2.35. The van der Waals surface area contributed by atoms with Gasteiger partial charge in [0, 0.05) is 49.7 Å². The Hall–Kier alpha value is -2.08. The molecule has 0 atom stereocenters. The molecule has 0 unspecified atom stereocenters. The first-order valence-corrected chi connectivity index (χ1v) is 9.53. The molecular formula is C19H24ClN3O3. The lowest BCUT2D eigenvalue weighted by atomic mass is 10.2. The zero-order valence-corrected chi connectivity index (χ0v) is 15.6. The van der Waals surface area contributed by atoms with E-state index in [0.717, 1.165) is 19.3 Å². The van der Waals surface area contributed by atoms with Gasteiger partial charge in [-0.05, 0) is 31.0 Å². The van der Waals surface area contributed by atoms with Crippen molar-refractivity contribution in [3.63, 3.8) is 0 Å². The van der Waals surface area contributed by atoms with Crippen LogP contribution in [0.2, 0.25) is 5.02 Å². The van der Waals surface area contributed by atoms with Crippen LogP contribution in [0.15, 0.2) is 24.3 Å². The SMILES string of the molecule is O=C(CN1CCCCCC1=O)N1CCN(C(=O)c2cccc(Cl)c2)CC1. The van der Waals surface area contributed by atoms with E-state index in [0.29, 0.717) is 49.7 Å². The highest BCUT2D eigenvalue weighted by Crippen LogP contribution is 2.15. The van der Waals surface area contributed by atoms with E-state index >= 15 is 0 Å². The van der Waals surface area contributed by atoms with E-state index in [1.165, 1.54) is 0 Å². The van der Waals surface area contributed by atoms with Gasteiger partial charge in [-0.3, -0.25) is 14.4 Å². The largest absolute Gasteiger partial charge is 0.338 e. The van der Waals surface area contributed by atoms with Gasteiger partial charge in [-0.1, -0.05) is 24.1 Å². The average Bonchev–Trinajstić information content (AvgIpc) is 2.85. The normalized spacial score (nSPS) is 18.7. The maximum absolute atomic E-state index is 12.5. The molecule has 2 aliphatic rings. The Labute approximate surface area is 158 Å². The molecule has 1 aromatic carbocycles. The van der Waals surface area contributed by atoms with Crippen molar-refractivity contribution in [1.29, 1.82) is 0 Å². The summed E-state index contributed by atoms with van der Waals surface area (Å²) in [6, 6.07) is 6.90. The van der Waals surface area contributed by atoms with Crippen molar-refractivity contribution in [3.8, 4) is 0 Å². The number of benzene rings is 1. The summed E-state index contributed by atoms with van der Waals surface area (Å²) in [6.07, 6.45) is 3.45. The Bertz CT molecular complexity index is 686. The standard InChI is InChI=1S/C19H24ClN3O3/c20-16-6-4-5-15(13-16)19(26)22-11-9-21(10-12-22)18(25)14-23-8-3-1-2-7-17(23)24/h4-6,13H,1-3,7-12,14H2. The number of halogens is 1. The van der Waals surface area contributed by atoms with Gasteiger partial charge >= 0.3 is 0 Å². The van der Waals surface area contributed by atoms with Crippen molar-refractivity contribution in [2.75, 3.05) is 39.3 Å². The summed E-state index contributed by atoms with van der Waals surface area (Å²) in [4.78, 5) is 42.3. The summed E-state index contributed by atoms with van der Waals surface area (Å²) >= 11 is 5.95. The van der Waals surface area contributed by atoms with Crippen molar-refractivity contribution < 1.29 is 14.4 Å². The lowest BCUT2D eigenvalue weighted by molar-refractivity contribution is -0.141. The second-order valence-corrected chi connectivity index (χ2v) is 7.25. The van der Waals surface area contributed by atoms with Crippen LogP contribution in [-0.4, -0.2) is 71.7 Å². The van der Waals surface area contributed by atoms with Gasteiger partial charge in [0.1, 0.15) is 0 Å². The van der Waals surface area contributed by atoms with Crippen LogP contribution in [0.3, 0.4) is 0 Å². The molecule has 0 radical (unpaired) electrons. The minimum atomic E-state index is -0.0673. The number of rotatable bonds is 3. The first kappa shape index (κ1) is 18.7. The number of hydrogen-bond acceptors (Lipinski definition) is 3. The van der Waals surface area contributed by atoms with Crippen molar-refractivity contribution >= 4 is 29.3 Å². The molecule has 0 aromatic heterocycles. The van der Waals surface area contributed by atoms with E-state index in [2.05, 4.69) is 0 Å². The van der Waals surface area contributed by atoms with E-state index in [-0.39, 0.29) is 24.3 Å². The molecule has 3 amide bonds. The second-order valence-electron chi connectivity index (χ2n) is 6.81. The first-order valence-electron chi connectivity index (χ1n) is 9.15. The number of nitrogens with zero attached hydrogens (tertiary/aromatic N) is 3. The summed E-state index contributed by atoms with van der Waals surface area (Å²) < 4.78 is 0. The zero-order valence-electron chi connectivity index (χ0n) is 14.8. The van der Waals surface area contributed by atoms with Gasteiger partial charge in [0.25, 0.3) is 5.91 Å². The summed E-state index contributed by atoms with van der Waals surface area (Å²) in [5.41, 5.74) is 0.562. The molecule has 0 spiro atoms. The molecule has 0 bridgehead atoms. The van der Waals surface area contributed by atoms with Gasteiger partial charge in [-0.2, -0.15) is 0 Å². The third kappa shape index (κ3) is 4.55. The number of carbonyl (C=O) groups excluding carboxylic acids is 3. The van der Waals surface area contributed by atoms with Gasteiger partial charge in [-0.25, -0.2) is 0 Å². The third-order valence-electron chi connectivity index (χ3n) is 4.99. The number of piperazine rings is 1. The molecule has 2 saturated heterocycles. The Morgan fingerprint density at radius 3 is 2.42 bits per heavy atom. The van der Waals surface area contributed by atoms with Crippen molar-refractivity contribution in [1.82, 2.24) is 14.7 Å². The van der Waals surface area contributed by atoms with Crippen LogP contribution in [-0.2, 0) is 9.59 Å². The lowest BCUT2D eigenvalue weighted by Crippen LogP contribution is -2.53. The van der Waals surface area contributed by atoms with E-state index < -0.39 is 0 Å². The predicted molar refractivity (Wildman–Crippen MR) is 99.0 cm³/mol. The fraction of sp³-hybridized carbons (Fsp3) is 0.526. The highest BCUT2D eigenvalue weighted by Gasteiger charge is 2.27. The smallest absolute Gasteiger partial charge is 0.254 e. The predicted octanol–water partition coefficient (Wildman–Crippen LogP) is 2.03. The minimum absolute atomic E-state index is 0.0323. The van der Waals surface area contributed by atoms with Crippen molar-refractivity contribution in [3.05, 3.63) is 34.9 Å². The topological polar surface area (TPSA) is 60.9 Å². The molecule has 0 saturated carbocycles. The molecule has 140 valence electrons. The average molecular weight is 378 g/mol. The van der Waals surface area contributed by atoms with Gasteiger partial charge in [0.15, 0.2) is 0 Å². The highest BCUT2D eigenvalue weighted by molar-refractivity contribution is 6.30. The number of amides is 3. The Balaban J connectivity index is 1.52. The maximum Gasteiger partial charge on any atom is 0.254 e. The molecule has 7 heteroatoms. The van der Waals surface area contributed by atoms with E-state index in [1.54, 1.807) is 39.0 Å². The fourth-order valence-corrected chi connectivity index (χ4v) is 3.62. The summed E-state index contributed by atoms with van der Waals surface area (Å²) in [5.74, 6) is -0.0250. The molecule has 6 nitrogen and oxygen atoms in total. The van der Waals surface area contributed by atoms with Gasteiger partial charge in [-0.15, -0.1) is 0 Å². The molecule has 26 heavy (non-hydrogen) atoms. The number of hydrogen-bond donors (Lipinski definition) is 0.